The van der Waals surface area contributed by atoms with Gasteiger partial charge in [-0.3, -0.25) is 0 Å². The quantitative estimate of drug-likeness (QED) is 0.181. The smallest absolute Gasteiger partial charge is 0.0541 e. The summed E-state index contributed by atoms with van der Waals surface area (Å²) in [6.07, 6.45) is 0. The largest absolute Gasteiger partial charge is 0.310 e. The Morgan fingerprint density at radius 2 is 0.854 bits per heavy atom. The van der Waals surface area contributed by atoms with E-state index in [-0.39, 0.29) is 0 Å². The minimum absolute atomic E-state index is 1.10. The fourth-order valence-electron chi connectivity index (χ4n) is 7.05. The zero-order chi connectivity index (χ0) is 31.9. The van der Waals surface area contributed by atoms with E-state index in [4.69, 9.17) is 0 Å². The van der Waals surface area contributed by atoms with Crippen LogP contribution < -0.4 is 4.90 Å². The van der Waals surface area contributed by atoms with Gasteiger partial charge in [0.05, 0.1) is 11.0 Å². The SMILES string of the molecule is c1ccc(-c2cccc(N(c3ccc(-c4ccc5ccccc5c4)cc3)c3cccc(-n4c5ccccc5c5ccccc54)c3)c2)cc1. The van der Waals surface area contributed by atoms with E-state index in [0.29, 0.717) is 0 Å². The van der Waals surface area contributed by atoms with Crippen molar-refractivity contribution in [1.29, 1.82) is 0 Å². The van der Waals surface area contributed by atoms with Gasteiger partial charge in [0.2, 0.25) is 0 Å². The van der Waals surface area contributed by atoms with Crippen molar-refractivity contribution in [2.24, 2.45) is 0 Å². The first kappa shape index (κ1) is 27.9. The highest BCUT2D eigenvalue weighted by Gasteiger charge is 2.17. The number of nitrogens with zero attached hydrogens (tertiary/aromatic N) is 2. The third-order valence-electron chi connectivity index (χ3n) is 9.35. The van der Waals surface area contributed by atoms with Gasteiger partial charge in [0.25, 0.3) is 0 Å². The molecule has 0 radical (unpaired) electrons. The average molecular weight is 613 g/mol. The topological polar surface area (TPSA) is 8.17 Å². The molecule has 0 spiro atoms. The molecule has 0 N–H and O–H groups in total. The Morgan fingerprint density at radius 3 is 1.60 bits per heavy atom. The first-order valence-electron chi connectivity index (χ1n) is 16.4. The lowest BCUT2D eigenvalue weighted by Gasteiger charge is -2.27. The summed E-state index contributed by atoms with van der Waals surface area (Å²) >= 11 is 0. The lowest BCUT2D eigenvalue weighted by molar-refractivity contribution is 1.17. The highest BCUT2D eigenvalue weighted by Crippen LogP contribution is 2.40. The molecular weight excluding hydrogens is 581 g/mol. The Labute approximate surface area is 280 Å². The molecule has 2 heteroatoms. The van der Waals surface area contributed by atoms with Crippen LogP contribution in [0.25, 0.3) is 60.5 Å². The van der Waals surface area contributed by atoms with Crippen LogP contribution >= 0.6 is 0 Å². The van der Waals surface area contributed by atoms with Crippen molar-refractivity contribution in [3.05, 3.63) is 194 Å². The predicted octanol–water partition coefficient (Wildman–Crippen LogP) is 12.7. The van der Waals surface area contributed by atoms with Crippen LogP contribution in [0, 0.1) is 0 Å². The van der Waals surface area contributed by atoms with E-state index in [0.717, 1.165) is 22.7 Å². The second-order valence-electron chi connectivity index (χ2n) is 12.3. The van der Waals surface area contributed by atoms with Crippen molar-refractivity contribution in [3.8, 4) is 27.9 Å². The van der Waals surface area contributed by atoms with Crippen LogP contribution in [0.15, 0.2) is 194 Å². The van der Waals surface area contributed by atoms with Gasteiger partial charge in [-0.2, -0.15) is 0 Å². The maximum absolute atomic E-state index is 2.38. The number of fused-ring (bicyclic) bond motifs is 4. The third-order valence-corrected chi connectivity index (χ3v) is 9.35. The minimum Gasteiger partial charge on any atom is -0.310 e. The molecule has 0 bridgehead atoms. The van der Waals surface area contributed by atoms with Crippen LogP contribution in [0.1, 0.15) is 0 Å². The highest BCUT2D eigenvalue weighted by molar-refractivity contribution is 6.09. The van der Waals surface area contributed by atoms with Crippen LogP contribution in [0.5, 0.6) is 0 Å². The summed E-state index contributed by atoms with van der Waals surface area (Å²) in [5, 5.41) is 5.02. The normalized spacial score (nSPS) is 11.3. The number of hydrogen-bond donors (Lipinski definition) is 0. The molecular formula is C46H32N2. The molecule has 0 atom stereocenters. The lowest BCUT2D eigenvalue weighted by atomic mass is 10.0. The maximum atomic E-state index is 2.38. The van der Waals surface area contributed by atoms with Crippen molar-refractivity contribution >= 4 is 49.6 Å². The molecule has 0 aliphatic heterocycles. The van der Waals surface area contributed by atoms with Gasteiger partial charge in [0.1, 0.15) is 0 Å². The number of benzene rings is 8. The zero-order valence-electron chi connectivity index (χ0n) is 26.4. The van der Waals surface area contributed by atoms with E-state index in [1.165, 1.54) is 54.8 Å². The molecule has 0 saturated heterocycles. The Hall–Kier alpha value is -6.38. The van der Waals surface area contributed by atoms with Gasteiger partial charge < -0.3 is 9.47 Å². The van der Waals surface area contributed by atoms with Gasteiger partial charge in [-0.05, 0) is 93.7 Å². The summed E-state index contributed by atoms with van der Waals surface area (Å²) in [6.45, 7) is 0. The maximum Gasteiger partial charge on any atom is 0.0541 e. The Morgan fingerprint density at radius 1 is 0.312 bits per heavy atom. The summed E-state index contributed by atoms with van der Waals surface area (Å²) in [5.41, 5.74) is 11.6. The molecule has 2 nitrogen and oxygen atoms in total. The molecule has 1 aromatic heterocycles. The molecule has 0 amide bonds. The van der Waals surface area contributed by atoms with E-state index in [1.807, 2.05) is 0 Å². The predicted molar refractivity (Wildman–Crippen MR) is 204 cm³/mol. The Kier molecular flexibility index (Phi) is 6.84. The monoisotopic (exact) mass is 612 g/mol. The minimum atomic E-state index is 1.10. The van der Waals surface area contributed by atoms with Gasteiger partial charge in [0, 0.05) is 33.5 Å². The molecule has 0 fully saturated rings. The second kappa shape index (κ2) is 11.8. The second-order valence-corrected chi connectivity index (χ2v) is 12.3. The number of para-hydroxylation sites is 2. The molecule has 8 aromatic carbocycles. The van der Waals surface area contributed by atoms with Crippen molar-refractivity contribution < 1.29 is 0 Å². The third kappa shape index (κ3) is 4.92. The average Bonchev–Trinajstić information content (AvgIpc) is 3.50. The molecule has 9 aromatic rings. The molecule has 0 unspecified atom stereocenters. The number of aromatic nitrogens is 1. The van der Waals surface area contributed by atoms with Crippen molar-refractivity contribution in [2.45, 2.75) is 0 Å². The van der Waals surface area contributed by atoms with Gasteiger partial charge in [0.15, 0.2) is 0 Å². The van der Waals surface area contributed by atoms with E-state index < -0.39 is 0 Å². The number of hydrogen-bond acceptors (Lipinski definition) is 1. The van der Waals surface area contributed by atoms with Crippen LogP contribution in [0.3, 0.4) is 0 Å². The summed E-state index contributed by atoms with van der Waals surface area (Å²) in [7, 11) is 0. The van der Waals surface area contributed by atoms with Crippen molar-refractivity contribution in [2.75, 3.05) is 4.90 Å². The fraction of sp³-hybridized carbons (Fsp3) is 0. The van der Waals surface area contributed by atoms with Crippen LogP contribution in [0.4, 0.5) is 17.1 Å². The van der Waals surface area contributed by atoms with E-state index >= 15 is 0 Å². The summed E-state index contributed by atoms with van der Waals surface area (Å²) in [6, 6.07) is 69.9. The summed E-state index contributed by atoms with van der Waals surface area (Å²) < 4.78 is 2.38. The lowest BCUT2D eigenvalue weighted by Crippen LogP contribution is -2.10. The molecule has 226 valence electrons. The Bertz CT molecular complexity index is 2510. The Balaban J connectivity index is 1.19. The first-order chi connectivity index (χ1) is 23.8. The molecule has 0 aliphatic rings. The molecule has 0 aliphatic carbocycles. The van der Waals surface area contributed by atoms with Crippen LogP contribution in [-0.4, -0.2) is 4.57 Å². The van der Waals surface area contributed by atoms with E-state index in [2.05, 4.69) is 204 Å². The van der Waals surface area contributed by atoms with Crippen molar-refractivity contribution in [3.63, 3.8) is 0 Å². The number of anilines is 3. The van der Waals surface area contributed by atoms with Gasteiger partial charge in [-0.15, -0.1) is 0 Å². The number of rotatable bonds is 6. The molecule has 0 saturated carbocycles. The molecule has 9 rings (SSSR count). The van der Waals surface area contributed by atoms with E-state index in [9.17, 15) is 0 Å². The summed E-state index contributed by atoms with van der Waals surface area (Å²) in [4.78, 5) is 2.37. The fourth-order valence-corrected chi connectivity index (χ4v) is 7.05. The van der Waals surface area contributed by atoms with Crippen molar-refractivity contribution in [1.82, 2.24) is 4.57 Å². The molecule has 48 heavy (non-hydrogen) atoms. The summed E-state index contributed by atoms with van der Waals surface area (Å²) in [5.74, 6) is 0. The van der Waals surface area contributed by atoms with Crippen LogP contribution in [0.2, 0.25) is 0 Å². The zero-order valence-corrected chi connectivity index (χ0v) is 26.4. The first-order valence-corrected chi connectivity index (χ1v) is 16.4. The van der Waals surface area contributed by atoms with Gasteiger partial charge >= 0.3 is 0 Å². The van der Waals surface area contributed by atoms with Crippen LogP contribution in [-0.2, 0) is 0 Å². The molecule has 1 heterocycles. The van der Waals surface area contributed by atoms with Gasteiger partial charge in [-0.25, -0.2) is 0 Å². The standard InChI is InChI=1S/C46H32N2/c1-2-12-33(13-3-1)37-16-10-17-40(31-37)47(39-28-26-35(27-29-39)38-25-24-34-14-4-5-15-36(34)30-38)41-18-11-19-42(32-41)48-45-22-8-6-20-43(45)44-21-7-9-23-46(44)48/h1-32H. The van der Waals surface area contributed by atoms with E-state index in [1.54, 1.807) is 0 Å². The highest BCUT2D eigenvalue weighted by atomic mass is 15.1. The van der Waals surface area contributed by atoms with Gasteiger partial charge in [-0.1, -0.05) is 133 Å².